The van der Waals surface area contributed by atoms with E-state index in [4.69, 9.17) is 9.47 Å². The summed E-state index contributed by atoms with van der Waals surface area (Å²) in [6.45, 7) is -0.370. The van der Waals surface area contributed by atoms with Crippen LogP contribution in [-0.4, -0.2) is 49.2 Å². The van der Waals surface area contributed by atoms with Gasteiger partial charge in [0.2, 0.25) is 0 Å². The Hall–Kier alpha value is -4.75. The molecule has 7 heteroatoms. The second-order valence-electron chi connectivity index (χ2n) is 8.70. The SMILES string of the molecule is CON=CC[C@H](OC(=O)c1ccc(-c2ccccc2)cc1)[C@@H](O)COC(=O)c1ccc(-c2ccccc2)cc1. The van der Waals surface area contributed by atoms with Crippen LogP contribution in [0, 0.1) is 0 Å². The molecular formula is C32H29NO6. The van der Waals surface area contributed by atoms with Crippen LogP contribution < -0.4 is 0 Å². The van der Waals surface area contributed by atoms with Crippen molar-refractivity contribution in [1.29, 1.82) is 0 Å². The van der Waals surface area contributed by atoms with Crippen molar-refractivity contribution in [2.45, 2.75) is 18.6 Å². The van der Waals surface area contributed by atoms with Gasteiger partial charge >= 0.3 is 11.9 Å². The van der Waals surface area contributed by atoms with Gasteiger partial charge in [0, 0.05) is 12.6 Å². The minimum absolute atomic E-state index is 0.0617. The van der Waals surface area contributed by atoms with E-state index >= 15 is 0 Å². The zero-order valence-corrected chi connectivity index (χ0v) is 21.5. The highest BCUT2D eigenvalue weighted by molar-refractivity contribution is 5.91. The summed E-state index contributed by atoms with van der Waals surface area (Å²) >= 11 is 0. The molecule has 0 saturated carbocycles. The van der Waals surface area contributed by atoms with Crippen molar-refractivity contribution in [2.75, 3.05) is 13.7 Å². The predicted molar refractivity (Wildman–Crippen MR) is 149 cm³/mol. The van der Waals surface area contributed by atoms with Gasteiger partial charge in [-0.1, -0.05) is 90.1 Å². The molecule has 1 N–H and O–H groups in total. The van der Waals surface area contributed by atoms with Gasteiger partial charge in [-0.05, 0) is 46.5 Å². The Labute approximate surface area is 227 Å². The van der Waals surface area contributed by atoms with Gasteiger partial charge in [-0.2, -0.15) is 0 Å². The Bertz CT molecular complexity index is 1370. The first-order chi connectivity index (χ1) is 19.0. The molecule has 0 bridgehead atoms. The van der Waals surface area contributed by atoms with Gasteiger partial charge in [0.1, 0.15) is 25.9 Å². The van der Waals surface area contributed by atoms with Crippen molar-refractivity contribution in [1.82, 2.24) is 0 Å². The molecule has 4 rings (SSSR count). The van der Waals surface area contributed by atoms with Crippen molar-refractivity contribution in [3.05, 3.63) is 120 Å². The molecule has 39 heavy (non-hydrogen) atoms. The van der Waals surface area contributed by atoms with Gasteiger partial charge < -0.3 is 19.4 Å². The lowest BCUT2D eigenvalue weighted by Gasteiger charge is -2.22. The molecule has 7 nitrogen and oxygen atoms in total. The summed E-state index contributed by atoms with van der Waals surface area (Å²) in [5.41, 5.74) is 4.65. The first kappa shape index (κ1) is 27.3. The number of ether oxygens (including phenoxy) is 2. The van der Waals surface area contributed by atoms with E-state index in [1.165, 1.54) is 13.3 Å². The Balaban J connectivity index is 1.37. The van der Waals surface area contributed by atoms with Crippen LogP contribution in [0.3, 0.4) is 0 Å². The molecular weight excluding hydrogens is 494 g/mol. The fraction of sp³-hybridized carbons (Fsp3) is 0.156. The number of hydrogen-bond donors (Lipinski definition) is 1. The summed E-state index contributed by atoms with van der Waals surface area (Å²) in [5.74, 6) is -1.21. The summed E-state index contributed by atoms with van der Waals surface area (Å²) in [4.78, 5) is 30.1. The van der Waals surface area contributed by atoms with Crippen LogP contribution in [0.1, 0.15) is 27.1 Å². The third-order valence-corrected chi connectivity index (χ3v) is 6.05. The summed E-state index contributed by atoms with van der Waals surface area (Å²) in [6.07, 6.45) is -0.859. The Kier molecular flexibility index (Phi) is 9.58. The van der Waals surface area contributed by atoms with Crippen LogP contribution in [0.4, 0.5) is 0 Å². The first-order valence-electron chi connectivity index (χ1n) is 12.5. The lowest BCUT2D eigenvalue weighted by Crippen LogP contribution is -2.36. The van der Waals surface area contributed by atoms with Crippen LogP contribution in [-0.2, 0) is 14.3 Å². The number of esters is 2. The van der Waals surface area contributed by atoms with Gasteiger partial charge in [-0.3, -0.25) is 0 Å². The number of aliphatic hydroxyl groups is 1. The first-order valence-corrected chi connectivity index (χ1v) is 12.5. The van der Waals surface area contributed by atoms with E-state index in [1.807, 2.05) is 84.9 Å². The fourth-order valence-corrected chi connectivity index (χ4v) is 3.92. The summed E-state index contributed by atoms with van der Waals surface area (Å²) in [7, 11) is 1.38. The highest BCUT2D eigenvalue weighted by atomic mass is 16.6. The predicted octanol–water partition coefficient (Wildman–Crippen LogP) is 5.79. The standard InChI is InChI=1S/C32H29NO6/c1-37-33-21-20-30(39-32(36)28-18-14-26(15-19-28)24-10-6-3-7-11-24)29(34)22-38-31(35)27-16-12-25(13-17-27)23-8-4-2-5-9-23/h2-19,21,29-30,34H,20,22H2,1H3/t29-,30-/m0/s1. The van der Waals surface area contributed by atoms with Crippen LogP contribution >= 0.6 is 0 Å². The lowest BCUT2D eigenvalue weighted by atomic mass is 10.0. The average molecular weight is 524 g/mol. The number of nitrogens with zero attached hydrogens (tertiary/aromatic N) is 1. The number of carbonyl (C=O) groups excluding carboxylic acids is 2. The molecule has 4 aromatic rings. The van der Waals surface area contributed by atoms with E-state index in [0.29, 0.717) is 11.1 Å². The smallest absolute Gasteiger partial charge is 0.338 e. The van der Waals surface area contributed by atoms with Gasteiger partial charge in [0.05, 0.1) is 11.1 Å². The summed E-state index contributed by atoms with van der Waals surface area (Å²) < 4.78 is 10.9. The van der Waals surface area contributed by atoms with Gasteiger partial charge in [0.15, 0.2) is 0 Å². The Morgan fingerprint density at radius 3 is 1.67 bits per heavy atom. The second-order valence-corrected chi connectivity index (χ2v) is 8.70. The lowest BCUT2D eigenvalue weighted by molar-refractivity contribution is -0.0408. The maximum atomic E-state index is 12.8. The molecule has 0 amide bonds. The van der Waals surface area contributed by atoms with E-state index in [2.05, 4.69) is 9.99 Å². The average Bonchev–Trinajstić information content (AvgIpc) is 3.00. The maximum Gasteiger partial charge on any atom is 0.338 e. The summed E-state index contributed by atoms with van der Waals surface area (Å²) in [6, 6.07) is 33.5. The third kappa shape index (κ3) is 7.63. The molecule has 198 valence electrons. The largest absolute Gasteiger partial charge is 0.459 e. The molecule has 0 radical (unpaired) electrons. The number of aliphatic hydroxyl groups excluding tert-OH is 1. The van der Waals surface area contributed by atoms with E-state index in [0.717, 1.165) is 22.3 Å². The van der Waals surface area contributed by atoms with Crippen molar-refractivity contribution in [3.63, 3.8) is 0 Å². The van der Waals surface area contributed by atoms with E-state index in [1.54, 1.807) is 24.3 Å². The Morgan fingerprint density at radius 2 is 1.18 bits per heavy atom. The second kappa shape index (κ2) is 13.7. The number of oxime groups is 1. The third-order valence-electron chi connectivity index (χ3n) is 6.05. The van der Waals surface area contributed by atoms with Crippen LogP contribution in [0.15, 0.2) is 114 Å². The fourth-order valence-electron chi connectivity index (χ4n) is 3.92. The van der Waals surface area contributed by atoms with Crippen molar-refractivity contribution in [3.8, 4) is 22.3 Å². The van der Waals surface area contributed by atoms with Crippen LogP contribution in [0.25, 0.3) is 22.3 Å². The number of carbonyl (C=O) groups is 2. The zero-order chi connectivity index (χ0) is 27.5. The highest BCUT2D eigenvalue weighted by Crippen LogP contribution is 2.21. The normalized spacial score (nSPS) is 12.5. The monoisotopic (exact) mass is 523 g/mol. The van der Waals surface area contributed by atoms with Crippen LogP contribution in [0.5, 0.6) is 0 Å². The molecule has 0 unspecified atom stereocenters. The molecule has 0 aromatic heterocycles. The molecule has 0 fully saturated rings. The van der Waals surface area contributed by atoms with Crippen molar-refractivity contribution in [2.24, 2.45) is 5.16 Å². The molecule has 0 aliphatic rings. The van der Waals surface area contributed by atoms with E-state index in [9.17, 15) is 14.7 Å². The molecule has 2 atom stereocenters. The molecule has 0 saturated heterocycles. The molecule has 0 heterocycles. The van der Waals surface area contributed by atoms with Crippen molar-refractivity contribution >= 4 is 18.2 Å². The number of hydrogen-bond acceptors (Lipinski definition) is 7. The molecule has 0 spiro atoms. The molecule has 4 aromatic carbocycles. The van der Waals surface area contributed by atoms with Gasteiger partial charge in [0.25, 0.3) is 0 Å². The molecule has 0 aliphatic carbocycles. The minimum atomic E-state index is -1.28. The number of benzene rings is 4. The van der Waals surface area contributed by atoms with Crippen molar-refractivity contribution < 1.29 is 29.0 Å². The Morgan fingerprint density at radius 1 is 0.718 bits per heavy atom. The van der Waals surface area contributed by atoms with Gasteiger partial charge in [-0.25, -0.2) is 9.59 Å². The number of rotatable bonds is 11. The highest BCUT2D eigenvalue weighted by Gasteiger charge is 2.25. The molecule has 0 aliphatic heterocycles. The maximum absolute atomic E-state index is 12.8. The summed E-state index contributed by atoms with van der Waals surface area (Å²) in [5, 5.41) is 14.4. The van der Waals surface area contributed by atoms with Crippen LogP contribution in [0.2, 0.25) is 0 Å². The minimum Gasteiger partial charge on any atom is -0.459 e. The zero-order valence-electron chi connectivity index (χ0n) is 21.5. The van der Waals surface area contributed by atoms with E-state index in [-0.39, 0.29) is 13.0 Å². The quantitative estimate of drug-likeness (QED) is 0.152. The van der Waals surface area contributed by atoms with E-state index < -0.39 is 24.1 Å². The topological polar surface area (TPSA) is 94.4 Å². The van der Waals surface area contributed by atoms with Gasteiger partial charge in [-0.15, -0.1) is 0 Å².